The monoisotopic (exact) mass is 529 g/mol. The Labute approximate surface area is 214 Å². The van der Waals surface area contributed by atoms with Crippen molar-refractivity contribution < 1.29 is 27.8 Å². The van der Waals surface area contributed by atoms with Crippen molar-refractivity contribution in [2.75, 3.05) is 31.7 Å². The molecule has 3 aromatic rings. The second kappa shape index (κ2) is 11.2. The van der Waals surface area contributed by atoms with E-state index in [1.165, 1.54) is 12.3 Å². The maximum atomic E-state index is 14.9. The number of benzene rings is 1. The molecule has 0 unspecified atom stereocenters. The Morgan fingerprint density at radius 1 is 1.30 bits per heavy atom. The van der Waals surface area contributed by atoms with E-state index in [9.17, 15) is 18.8 Å². The van der Waals surface area contributed by atoms with Crippen LogP contribution in [0.1, 0.15) is 5.56 Å². The average Bonchev–Trinajstić information content (AvgIpc) is 3.16. The summed E-state index contributed by atoms with van der Waals surface area (Å²) in [5, 5.41) is 15.0. The zero-order valence-electron chi connectivity index (χ0n) is 20.9. The highest BCUT2D eigenvalue weighted by atomic mass is 28.3. The molecule has 0 spiro atoms. The highest BCUT2D eigenvalue weighted by Crippen LogP contribution is 2.35. The fraction of sp³-hybridized carbons (Fsp3) is 0.400. The molecule has 0 bridgehead atoms. The zero-order valence-corrected chi connectivity index (χ0v) is 21.9. The molecule has 1 fully saturated rings. The third kappa shape index (κ3) is 6.62. The fourth-order valence-corrected chi connectivity index (χ4v) is 4.41. The lowest BCUT2D eigenvalue weighted by molar-refractivity contribution is -0.0292. The van der Waals surface area contributed by atoms with Crippen LogP contribution in [0.25, 0.3) is 11.0 Å². The van der Waals surface area contributed by atoms with Crippen molar-refractivity contribution in [2.45, 2.75) is 32.4 Å². The summed E-state index contributed by atoms with van der Waals surface area (Å²) in [6.07, 6.45) is 3.01. The number of amides is 2. The normalized spacial score (nSPS) is 13.7. The molecule has 0 radical (unpaired) electrons. The second-order valence-electron chi connectivity index (χ2n) is 10.1. The van der Waals surface area contributed by atoms with Gasteiger partial charge >= 0.3 is 6.03 Å². The number of nitrogens with zero attached hydrogens (tertiary/aromatic N) is 3. The first-order valence-corrected chi connectivity index (χ1v) is 15.6. The van der Waals surface area contributed by atoms with E-state index < -0.39 is 31.5 Å². The van der Waals surface area contributed by atoms with Crippen molar-refractivity contribution in [3.63, 3.8) is 0 Å². The number of urea groups is 1. The number of hydrogen-bond donors (Lipinski definition) is 2. The van der Waals surface area contributed by atoms with Crippen LogP contribution in [-0.2, 0) is 16.2 Å². The van der Waals surface area contributed by atoms with Gasteiger partial charge in [0.15, 0.2) is 17.4 Å². The fourth-order valence-electron chi connectivity index (χ4n) is 3.65. The number of rotatable bonds is 10. The van der Waals surface area contributed by atoms with E-state index in [2.05, 4.69) is 41.3 Å². The Bertz CT molecular complexity index is 1310. The van der Waals surface area contributed by atoms with Gasteiger partial charge in [-0.25, -0.2) is 18.6 Å². The number of nitriles is 1. The number of pyridine rings is 1. The molecular formula is C25H29F2N5O4Si. The van der Waals surface area contributed by atoms with E-state index >= 15 is 0 Å². The number of carbonyl (C=O) groups excluding carboxylic acids is 1. The van der Waals surface area contributed by atoms with Gasteiger partial charge in [0.2, 0.25) is 0 Å². The molecule has 2 amide bonds. The molecule has 1 aliphatic rings. The Morgan fingerprint density at radius 2 is 2.03 bits per heavy atom. The van der Waals surface area contributed by atoms with Gasteiger partial charge in [-0.05, 0) is 12.1 Å². The molecule has 2 aromatic heterocycles. The SMILES string of the molecule is C[Si](C)(C)CCOCn1cc(C#N)c2c(Oc3c(F)cc(NC(=O)NCC4COC4)cc3F)ccnc21. The number of ether oxygens (including phenoxy) is 3. The Hall–Kier alpha value is -3.53. The summed E-state index contributed by atoms with van der Waals surface area (Å²) >= 11 is 0. The number of hydrogen-bond acceptors (Lipinski definition) is 6. The van der Waals surface area contributed by atoms with Crippen LogP contribution in [0.3, 0.4) is 0 Å². The largest absolute Gasteiger partial charge is 0.450 e. The zero-order chi connectivity index (χ0) is 26.6. The van der Waals surface area contributed by atoms with Gasteiger partial charge in [0.25, 0.3) is 0 Å². The summed E-state index contributed by atoms with van der Waals surface area (Å²) in [6.45, 7) is 9.06. The number of nitrogens with one attached hydrogen (secondary N) is 2. The average molecular weight is 530 g/mol. The van der Waals surface area contributed by atoms with E-state index in [4.69, 9.17) is 14.2 Å². The maximum Gasteiger partial charge on any atom is 0.319 e. The molecule has 0 aliphatic carbocycles. The van der Waals surface area contributed by atoms with Crippen LogP contribution in [0.5, 0.6) is 11.5 Å². The van der Waals surface area contributed by atoms with Crippen molar-refractivity contribution in [1.29, 1.82) is 5.26 Å². The number of fused-ring (bicyclic) bond motifs is 1. The number of halogens is 2. The van der Waals surface area contributed by atoms with E-state index in [-0.39, 0.29) is 29.6 Å². The third-order valence-corrected chi connectivity index (χ3v) is 7.50. The van der Waals surface area contributed by atoms with Crippen LogP contribution < -0.4 is 15.4 Å². The molecule has 4 rings (SSSR count). The predicted molar refractivity (Wildman–Crippen MR) is 136 cm³/mol. The lowest BCUT2D eigenvalue weighted by atomic mass is 10.1. The molecule has 9 nitrogen and oxygen atoms in total. The quantitative estimate of drug-likeness (QED) is 0.281. The van der Waals surface area contributed by atoms with E-state index in [1.54, 1.807) is 10.8 Å². The maximum absolute atomic E-state index is 14.9. The molecular weight excluding hydrogens is 500 g/mol. The molecule has 2 N–H and O–H groups in total. The van der Waals surface area contributed by atoms with Crippen LogP contribution in [0, 0.1) is 28.9 Å². The molecule has 1 saturated heterocycles. The van der Waals surface area contributed by atoms with Crippen molar-refractivity contribution in [3.8, 4) is 17.6 Å². The van der Waals surface area contributed by atoms with Crippen molar-refractivity contribution in [1.82, 2.24) is 14.9 Å². The molecule has 3 heterocycles. The second-order valence-corrected chi connectivity index (χ2v) is 15.7. The summed E-state index contributed by atoms with van der Waals surface area (Å²) < 4.78 is 47.8. The van der Waals surface area contributed by atoms with Gasteiger partial charge in [0, 0.05) is 57.4 Å². The van der Waals surface area contributed by atoms with Gasteiger partial charge in [-0.1, -0.05) is 19.6 Å². The first-order chi connectivity index (χ1) is 17.6. The predicted octanol–water partition coefficient (Wildman–Crippen LogP) is 5.06. The minimum Gasteiger partial charge on any atom is -0.450 e. The van der Waals surface area contributed by atoms with Gasteiger partial charge in [-0.15, -0.1) is 0 Å². The topological polar surface area (TPSA) is 110 Å². The summed E-state index contributed by atoms with van der Waals surface area (Å²) in [5.74, 6) is -2.38. The smallest absolute Gasteiger partial charge is 0.319 e. The molecule has 0 saturated carbocycles. The summed E-state index contributed by atoms with van der Waals surface area (Å²) in [5.41, 5.74) is 0.568. The standard InChI is InChI=1S/C25H29F2N5O4Si/c1-37(2,3)7-6-34-15-32-12-17(10-28)22-21(4-5-29-24(22)32)36-23-19(26)8-18(9-20(23)27)31-25(33)30-11-16-13-35-14-16/h4-5,8-9,12,16H,6-7,11,13-15H2,1-3H3,(H2,30,31,33). The molecule has 1 aliphatic heterocycles. The molecule has 0 atom stereocenters. The van der Waals surface area contributed by atoms with Gasteiger partial charge in [0.1, 0.15) is 24.2 Å². The van der Waals surface area contributed by atoms with E-state index in [1.807, 2.05) is 0 Å². The van der Waals surface area contributed by atoms with Crippen LogP contribution in [-0.4, -0.2) is 50.0 Å². The van der Waals surface area contributed by atoms with Gasteiger partial charge in [-0.3, -0.25) is 0 Å². The van der Waals surface area contributed by atoms with Crippen LogP contribution >= 0.6 is 0 Å². The molecule has 196 valence electrons. The van der Waals surface area contributed by atoms with Crippen LogP contribution in [0.2, 0.25) is 25.7 Å². The third-order valence-electron chi connectivity index (χ3n) is 5.79. The van der Waals surface area contributed by atoms with Crippen molar-refractivity contribution in [3.05, 3.63) is 47.8 Å². The van der Waals surface area contributed by atoms with Gasteiger partial charge in [0.05, 0.1) is 24.2 Å². The lowest BCUT2D eigenvalue weighted by Crippen LogP contribution is -2.40. The minimum atomic E-state index is -1.26. The van der Waals surface area contributed by atoms with E-state index in [0.717, 1.165) is 18.2 Å². The highest BCUT2D eigenvalue weighted by Gasteiger charge is 2.21. The Balaban J connectivity index is 1.50. The Morgan fingerprint density at radius 3 is 2.65 bits per heavy atom. The highest BCUT2D eigenvalue weighted by molar-refractivity contribution is 6.76. The first-order valence-electron chi connectivity index (χ1n) is 11.9. The van der Waals surface area contributed by atoms with E-state index in [0.29, 0.717) is 37.4 Å². The number of carbonyl (C=O) groups is 1. The van der Waals surface area contributed by atoms with Crippen LogP contribution in [0.4, 0.5) is 19.3 Å². The molecule has 12 heteroatoms. The summed E-state index contributed by atoms with van der Waals surface area (Å²) in [7, 11) is -1.26. The minimum absolute atomic E-state index is 0.0658. The Kier molecular flexibility index (Phi) is 8.06. The summed E-state index contributed by atoms with van der Waals surface area (Å²) in [6, 6.07) is 5.85. The van der Waals surface area contributed by atoms with Crippen LogP contribution in [0.15, 0.2) is 30.6 Å². The lowest BCUT2D eigenvalue weighted by Gasteiger charge is -2.25. The molecule has 37 heavy (non-hydrogen) atoms. The number of aromatic nitrogens is 2. The molecule has 1 aromatic carbocycles. The van der Waals surface area contributed by atoms with Crippen molar-refractivity contribution >= 4 is 30.8 Å². The summed E-state index contributed by atoms with van der Waals surface area (Å²) in [4.78, 5) is 16.4. The van der Waals surface area contributed by atoms with Gasteiger partial charge in [-0.2, -0.15) is 5.26 Å². The van der Waals surface area contributed by atoms with Crippen molar-refractivity contribution in [2.24, 2.45) is 5.92 Å². The van der Waals surface area contributed by atoms with Gasteiger partial charge < -0.3 is 29.4 Å². The number of anilines is 1. The first kappa shape index (κ1) is 26.5.